The van der Waals surface area contributed by atoms with E-state index in [1.807, 2.05) is 18.2 Å². The maximum absolute atomic E-state index is 11.8. The quantitative estimate of drug-likeness (QED) is 0.375. The van der Waals surface area contributed by atoms with Crippen molar-refractivity contribution in [3.63, 3.8) is 0 Å². The van der Waals surface area contributed by atoms with Crippen LogP contribution in [-0.2, 0) is 5.75 Å². The second-order valence-corrected chi connectivity index (χ2v) is 6.70. The molecular weight excluding hydrogens is 362 g/mol. The van der Waals surface area contributed by atoms with Gasteiger partial charge in [0.2, 0.25) is 0 Å². The third-order valence-electron chi connectivity index (χ3n) is 3.72. The molecule has 7 heteroatoms. The van der Waals surface area contributed by atoms with Gasteiger partial charge in [0.05, 0.1) is 7.11 Å². The molecule has 4 rings (SSSR count). The molecule has 2 aromatic heterocycles. The second kappa shape index (κ2) is 6.46. The third-order valence-corrected chi connectivity index (χ3v) is 4.83. The van der Waals surface area contributed by atoms with Crippen LogP contribution in [0.15, 0.2) is 61.3 Å². The average molecular weight is 374 g/mol. The van der Waals surface area contributed by atoms with Crippen LogP contribution in [0.25, 0.3) is 22.1 Å². The molecule has 0 fully saturated rings. The van der Waals surface area contributed by atoms with Gasteiger partial charge >= 0.3 is 5.63 Å². The Hall–Kier alpha value is -2.44. The summed E-state index contributed by atoms with van der Waals surface area (Å²) in [5.74, 6) is 1.16. The zero-order valence-corrected chi connectivity index (χ0v) is 14.7. The summed E-state index contributed by atoms with van der Waals surface area (Å²) in [7, 11) is 1.57. The molecule has 0 radical (unpaired) electrons. The first-order valence-electron chi connectivity index (χ1n) is 7.42. The van der Waals surface area contributed by atoms with E-state index in [1.165, 1.54) is 17.8 Å². The molecule has 4 aromatic rings. The van der Waals surface area contributed by atoms with Gasteiger partial charge in [-0.15, -0.1) is 0 Å². The molecule has 126 valence electrons. The van der Waals surface area contributed by atoms with Gasteiger partial charge in [-0.3, -0.25) is 0 Å². The molecule has 0 N–H and O–H groups in total. The van der Waals surface area contributed by atoms with Crippen LogP contribution in [-0.4, -0.2) is 12.1 Å². The van der Waals surface area contributed by atoms with Crippen LogP contribution in [0.2, 0.25) is 5.02 Å². The fourth-order valence-corrected chi connectivity index (χ4v) is 3.53. The lowest BCUT2D eigenvalue weighted by Gasteiger charge is -2.05. The van der Waals surface area contributed by atoms with Gasteiger partial charge in [-0.25, -0.2) is 9.78 Å². The minimum absolute atomic E-state index is 0.402. The summed E-state index contributed by atoms with van der Waals surface area (Å²) in [5, 5.41) is 1.97. The monoisotopic (exact) mass is 373 g/mol. The molecule has 0 atom stereocenters. The van der Waals surface area contributed by atoms with E-state index < -0.39 is 5.63 Å². The lowest BCUT2D eigenvalue weighted by Crippen LogP contribution is -2.00. The van der Waals surface area contributed by atoms with E-state index in [1.54, 1.807) is 25.3 Å². The van der Waals surface area contributed by atoms with Crippen LogP contribution in [0.4, 0.5) is 0 Å². The molecule has 25 heavy (non-hydrogen) atoms. The standard InChI is InChI=1S/C18H12ClNO4S/c1-22-12-3-4-13-10(6-17(21)23-15(13)8-12)9-25-18-20-14-5-2-11(19)7-16(14)24-18/h2-8H,9H2,1H3. The molecule has 0 saturated heterocycles. The zero-order valence-electron chi connectivity index (χ0n) is 13.1. The Balaban J connectivity index is 1.66. The van der Waals surface area contributed by atoms with Gasteiger partial charge in [0.1, 0.15) is 16.8 Å². The Kier molecular flexibility index (Phi) is 4.15. The van der Waals surface area contributed by atoms with Crippen molar-refractivity contribution in [3.8, 4) is 5.75 Å². The summed E-state index contributed by atoms with van der Waals surface area (Å²) >= 11 is 7.36. The van der Waals surface area contributed by atoms with Gasteiger partial charge in [0.15, 0.2) is 5.58 Å². The number of hydrogen-bond acceptors (Lipinski definition) is 6. The SMILES string of the molecule is COc1ccc2c(CSc3nc4ccc(Cl)cc4o3)cc(=O)oc2c1. The van der Waals surface area contributed by atoms with Gasteiger partial charge < -0.3 is 13.6 Å². The lowest BCUT2D eigenvalue weighted by molar-refractivity contribution is 0.414. The molecule has 0 aliphatic carbocycles. The van der Waals surface area contributed by atoms with Crippen molar-refractivity contribution < 1.29 is 13.6 Å². The molecular formula is C18H12ClNO4S. The minimum atomic E-state index is -0.402. The highest BCUT2D eigenvalue weighted by molar-refractivity contribution is 7.98. The van der Waals surface area contributed by atoms with Crippen molar-refractivity contribution in [2.24, 2.45) is 0 Å². The molecule has 5 nitrogen and oxygen atoms in total. The highest BCUT2D eigenvalue weighted by Crippen LogP contribution is 2.30. The first-order valence-corrected chi connectivity index (χ1v) is 8.78. The molecule has 0 bridgehead atoms. The molecule has 0 unspecified atom stereocenters. The van der Waals surface area contributed by atoms with E-state index in [4.69, 9.17) is 25.2 Å². The minimum Gasteiger partial charge on any atom is -0.497 e. The summed E-state index contributed by atoms with van der Waals surface area (Å²) in [5.41, 5.74) is 2.32. The average Bonchev–Trinajstić information content (AvgIpc) is 3.00. The number of aromatic nitrogens is 1. The number of nitrogens with zero attached hydrogens (tertiary/aromatic N) is 1. The highest BCUT2D eigenvalue weighted by atomic mass is 35.5. The Morgan fingerprint density at radius 3 is 2.84 bits per heavy atom. The normalized spacial score (nSPS) is 11.3. The van der Waals surface area contributed by atoms with E-state index in [-0.39, 0.29) is 0 Å². The van der Waals surface area contributed by atoms with Crippen molar-refractivity contribution >= 4 is 45.4 Å². The second-order valence-electron chi connectivity index (χ2n) is 5.33. The Morgan fingerprint density at radius 1 is 1.12 bits per heavy atom. The van der Waals surface area contributed by atoms with E-state index in [0.717, 1.165) is 16.5 Å². The summed E-state index contributed by atoms with van der Waals surface area (Å²) in [6.45, 7) is 0. The molecule has 0 amide bonds. The number of ether oxygens (including phenoxy) is 1. The van der Waals surface area contributed by atoms with Crippen LogP contribution >= 0.6 is 23.4 Å². The lowest BCUT2D eigenvalue weighted by atomic mass is 10.1. The Morgan fingerprint density at radius 2 is 2.00 bits per heavy atom. The van der Waals surface area contributed by atoms with Gasteiger partial charge in [-0.05, 0) is 29.8 Å². The fourth-order valence-electron chi connectivity index (χ4n) is 2.54. The number of thioether (sulfide) groups is 1. The van der Waals surface area contributed by atoms with E-state index in [2.05, 4.69) is 4.98 Å². The van der Waals surface area contributed by atoms with Gasteiger partial charge in [-0.2, -0.15) is 0 Å². The topological polar surface area (TPSA) is 65.5 Å². The van der Waals surface area contributed by atoms with Crippen LogP contribution < -0.4 is 10.4 Å². The van der Waals surface area contributed by atoms with Gasteiger partial charge in [0.25, 0.3) is 5.22 Å². The third kappa shape index (κ3) is 3.23. The predicted molar refractivity (Wildman–Crippen MR) is 97.6 cm³/mol. The maximum Gasteiger partial charge on any atom is 0.336 e. The summed E-state index contributed by atoms with van der Waals surface area (Å²) in [6, 6.07) is 12.2. The molecule has 2 aromatic carbocycles. The van der Waals surface area contributed by atoms with Crippen LogP contribution in [0, 0.1) is 0 Å². The summed E-state index contributed by atoms with van der Waals surface area (Å²) < 4.78 is 16.1. The number of methoxy groups -OCH3 is 1. The predicted octanol–water partition coefficient (Wildman–Crippen LogP) is 4.89. The smallest absolute Gasteiger partial charge is 0.336 e. The zero-order chi connectivity index (χ0) is 17.4. The number of rotatable bonds is 4. The number of hydrogen-bond donors (Lipinski definition) is 0. The maximum atomic E-state index is 11.8. The first-order chi connectivity index (χ1) is 12.1. The van der Waals surface area contributed by atoms with Crippen LogP contribution in [0.1, 0.15) is 5.56 Å². The largest absolute Gasteiger partial charge is 0.497 e. The molecule has 0 spiro atoms. The van der Waals surface area contributed by atoms with Crippen LogP contribution in [0.5, 0.6) is 5.75 Å². The Labute approximate surface area is 151 Å². The van der Waals surface area contributed by atoms with Crippen molar-refractivity contribution in [2.75, 3.05) is 7.11 Å². The number of benzene rings is 2. The van der Waals surface area contributed by atoms with E-state index in [9.17, 15) is 4.79 Å². The molecule has 0 aliphatic heterocycles. The molecule has 0 aliphatic rings. The van der Waals surface area contributed by atoms with E-state index >= 15 is 0 Å². The summed E-state index contributed by atoms with van der Waals surface area (Å²) in [6.07, 6.45) is 0. The number of halogens is 1. The Bertz CT molecular complexity index is 1140. The number of oxazole rings is 1. The highest BCUT2D eigenvalue weighted by Gasteiger charge is 2.11. The van der Waals surface area contributed by atoms with Crippen molar-refractivity contribution in [1.29, 1.82) is 0 Å². The van der Waals surface area contributed by atoms with Gasteiger partial charge in [0, 0.05) is 34.4 Å². The fraction of sp³-hybridized carbons (Fsp3) is 0.111. The van der Waals surface area contributed by atoms with E-state index in [0.29, 0.717) is 32.9 Å². The molecule has 2 heterocycles. The van der Waals surface area contributed by atoms with Crippen molar-refractivity contribution in [3.05, 3.63) is 63.5 Å². The first kappa shape index (κ1) is 16.1. The van der Waals surface area contributed by atoms with Crippen molar-refractivity contribution in [1.82, 2.24) is 4.98 Å². The number of fused-ring (bicyclic) bond motifs is 2. The van der Waals surface area contributed by atoms with Gasteiger partial charge in [-0.1, -0.05) is 23.4 Å². The molecule has 0 saturated carbocycles. The van der Waals surface area contributed by atoms with Crippen molar-refractivity contribution in [2.45, 2.75) is 11.0 Å². The summed E-state index contributed by atoms with van der Waals surface area (Å²) in [4.78, 5) is 16.2. The van der Waals surface area contributed by atoms with Crippen LogP contribution in [0.3, 0.4) is 0 Å².